The number of benzene rings is 1. The topological polar surface area (TPSA) is 47.6 Å². The summed E-state index contributed by atoms with van der Waals surface area (Å²) < 4.78 is 9.97. The summed E-state index contributed by atoms with van der Waals surface area (Å²) in [7, 11) is 1.38. The third-order valence-corrected chi connectivity index (χ3v) is 2.60. The number of hydrogen-bond donors (Lipinski definition) is 1. The largest absolute Gasteiger partial charge is 0.465 e. The molecule has 0 saturated carbocycles. The molecule has 1 unspecified atom stereocenters. The van der Waals surface area contributed by atoms with Crippen molar-refractivity contribution in [2.24, 2.45) is 0 Å². The molecule has 0 aromatic heterocycles. The second-order valence-electron chi connectivity index (χ2n) is 4.13. The van der Waals surface area contributed by atoms with Gasteiger partial charge in [-0.1, -0.05) is 12.1 Å². The highest BCUT2D eigenvalue weighted by molar-refractivity contribution is 5.89. The molecule has 0 saturated heterocycles. The number of esters is 1. The van der Waals surface area contributed by atoms with Gasteiger partial charge in [-0.15, -0.1) is 0 Å². The Morgan fingerprint density at radius 1 is 1.33 bits per heavy atom. The third kappa shape index (κ3) is 4.85. The van der Waals surface area contributed by atoms with Crippen LogP contribution in [0.4, 0.5) is 0 Å². The fraction of sp³-hybridized carbons (Fsp3) is 0.500. The Bertz CT molecular complexity index is 362. The monoisotopic (exact) mass is 251 g/mol. The van der Waals surface area contributed by atoms with Crippen LogP contribution in [0.25, 0.3) is 0 Å². The number of ether oxygens (including phenoxy) is 2. The van der Waals surface area contributed by atoms with Crippen LogP contribution in [-0.2, 0) is 16.0 Å². The van der Waals surface area contributed by atoms with Gasteiger partial charge in [0.05, 0.1) is 19.3 Å². The van der Waals surface area contributed by atoms with E-state index in [0.29, 0.717) is 18.2 Å². The van der Waals surface area contributed by atoms with Gasteiger partial charge in [0, 0.05) is 19.2 Å². The predicted molar refractivity (Wildman–Crippen MR) is 70.6 cm³/mol. The van der Waals surface area contributed by atoms with Crippen molar-refractivity contribution >= 4 is 5.97 Å². The van der Waals surface area contributed by atoms with E-state index < -0.39 is 0 Å². The van der Waals surface area contributed by atoms with Crippen LogP contribution >= 0.6 is 0 Å². The fourth-order valence-corrected chi connectivity index (χ4v) is 1.52. The summed E-state index contributed by atoms with van der Waals surface area (Å²) in [5.41, 5.74) is 1.70. The van der Waals surface area contributed by atoms with E-state index in [-0.39, 0.29) is 5.97 Å². The first-order valence-electron chi connectivity index (χ1n) is 6.15. The Balaban J connectivity index is 2.41. The van der Waals surface area contributed by atoms with Crippen LogP contribution < -0.4 is 5.32 Å². The number of hydrogen-bond acceptors (Lipinski definition) is 4. The molecular weight excluding hydrogens is 230 g/mol. The second-order valence-corrected chi connectivity index (χ2v) is 4.13. The van der Waals surface area contributed by atoms with E-state index in [4.69, 9.17) is 4.74 Å². The van der Waals surface area contributed by atoms with Crippen molar-refractivity contribution in [2.75, 3.05) is 20.3 Å². The van der Waals surface area contributed by atoms with Gasteiger partial charge in [-0.05, 0) is 31.5 Å². The zero-order valence-corrected chi connectivity index (χ0v) is 11.2. The number of carbonyl (C=O) groups is 1. The first-order chi connectivity index (χ1) is 8.67. The van der Waals surface area contributed by atoms with Gasteiger partial charge in [0.2, 0.25) is 0 Å². The van der Waals surface area contributed by atoms with Crippen LogP contribution in [0.5, 0.6) is 0 Å². The normalized spacial score (nSPS) is 12.2. The molecule has 0 aliphatic rings. The number of nitrogens with one attached hydrogen (secondary N) is 1. The molecule has 1 N–H and O–H groups in total. The first kappa shape index (κ1) is 14.7. The Labute approximate surface area is 108 Å². The van der Waals surface area contributed by atoms with Gasteiger partial charge >= 0.3 is 5.97 Å². The lowest BCUT2D eigenvalue weighted by Crippen LogP contribution is -2.30. The summed E-state index contributed by atoms with van der Waals surface area (Å²) in [5, 5.41) is 3.36. The van der Waals surface area contributed by atoms with Gasteiger partial charge < -0.3 is 14.8 Å². The van der Waals surface area contributed by atoms with Crippen molar-refractivity contribution in [3.05, 3.63) is 35.4 Å². The minimum absolute atomic E-state index is 0.306. The Kier molecular flexibility index (Phi) is 6.39. The fourth-order valence-electron chi connectivity index (χ4n) is 1.52. The molecule has 0 amide bonds. The molecule has 0 spiro atoms. The van der Waals surface area contributed by atoms with E-state index in [0.717, 1.165) is 18.7 Å². The van der Waals surface area contributed by atoms with Crippen LogP contribution in [0, 0.1) is 0 Å². The molecule has 1 aromatic carbocycles. The SMILES string of the molecule is CCOCC(C)NCc1ccc(C(=O)OC)cc1. The standard InChI is InChI=1S/C14H21NO3/c1-4-18-10-11(2)15-9-12-5-7-13(8-6-12)14(16)17-3/h5-8,11,15H,4,9-10H2,1-3H3. The van der Waals surface area contributed by atoms with Crippen LogP contribution in [0.2, 0.25) is 0 Å². The lowest BCUT2D eigenvalue weighted by Gasteiger charge is -2.13. The van der Waals surface area contributed by atoms with Crippen LogP contribution in [0.3, 0.4) is 0 Å². The highest BCUT2D eigenvalue weighted by atomic mass is 16.5. The van der Waals surface area contributed by atoms with Crippen LogP contribution in [0.15, 0.2) is 24.3 Å². The molecule has 1 rings (SSSR count). The van der Waals surface area contributed by atoms with Crippen molar-refractivity contribution in [1.82, 2.24) is 5.32 Å². The third-order valence-electron chi connectivity index (χ3n) is 2.60. The Morgan fingerprint density at radius 3 is 2.56 bits per heavy atom. The molecule has 0 fully saturated rings. The maximum absolute atomic E-state index is 11.3. The molecule has 0 radical (unpaired) electrons. The first-order valence-corrected chi connectivity index (χ1v) is 6.15. The molecule has 4 nitrogen and oxygen atoms in total. The molecule has 1 atom stereocenters. The van der Waals surface area contributed by atoms with E-state index in [1.54, 1.807) is 12.1 Å². The van der Waals surface area contributed by atoms with Gasteiger partial charge in [0.25, 0.3) is 0 Å². The maximum Gasteiger partial charge on any atom is 0.337 e. The van der Waals surface area contributed by atoms with Gasteiger partial charge in [-0.3, -0.25) is 0 Å². The van der Waals surface area contributed by atoms with Crippen molar-refractivity contribution in [1.29, 1.82) is 0 Å². The molecule has 100 valence electrons. The highest BCUT2D eigenvalue weighted by Gasteiger charge is 2.05. The molecule has 18 heavy (non-hydrogen) atoms. The predicted octanol–water partition coefficient (Wildman–Crippen LogP) is 1.99. The molecule has 4 heteroatoms. The smallest absolute Gasteiger partial charge is 0.337 e. The summed E-state index contributed by atoms with van der Waals surface area (Å²) in [6, 6.07) is 7.70. The average Bonchev–Trinajstić information content (AvgIpc) is 2.42. The molecular formula is C14H21NO3. The van der Waals surface area contributed by atoms with E-state index >= 15 is 0 Å². The van der Waals surface area contributed by atoms with Gasteiger partial charge in [0.1, 0.15) is 0 Å². The molecule has 0 aliphatic carbocycles. The van der Waals surface area contributed by atoms with Gasteiger partial charge in [0.15, 0.2) is 0 Å². The van der Waals surface area contributed by atoms with Crippen molar-refractivity contribution in [3.63, 3.8) is 0 Å². The lowest BCUT2D eigenvalue weighted by atomic mass is 10.1. The van der Waals surface area contributed by atoms with E-state index in [1.807, 2.05) is 19.1 Å². The van der Waals surface area contributed by atoms with Gasteiger partial charge in [-0.25, -0.2) is 4.79 Å². The van der Waals surface area contributed by atoms with Crippen molar-refractivity contribution in [3.8, 4) is 0 Å². The molecule has 1 aromatic rings. The number of methoxy groups -OCH3 is 1. The van der Waals surface area contributed by atoms with E-state index in [9.17, 15) is 4.79 Å². The number of rotatable bonds is 7. The van der Waals surface area contributed by atoms with Crippen molar-refractivity contribution in [2.45, 2.75) is 26.4 Å². The maximum atomic E-state index is 11.3. The van der Waals surface area contributed by atoms with Gasteiger partial charge in [-0.2, -0.15) is 0 Å². The summed E-state index contributed by atoms with van der Waals surface area (Å²) >= 11 is 0. The molecule has 0 aliphatic heterocycles. The number of carbonyl (C=O) groups excluding carboxylic acids is 1. The van der Waals surface area contributed by atoms with Crippen LogP contribution in [-0.4, -0.2) is 32.3 Å². The summed E-state index contributed by atoms with van der Waals surface area (Å²) in [5.74, 6) is -0.306. The zero-order valence-electron chi connectivity index (χ0n) is 11.2. The zero-order chi connectivity index (χ0) is 13.4. The quantitative estimate of drug-likeness (QED) is 0.753. The Morgan fingerprint density at radius 2 is 2.00 bits per heavy atom. The van der Waals surface area contributed by atoms with E-state index in [2.05, 4.69) is 17.0 Å². The minimum Gasteiger partial charge on any atom is -0.465 e. The Hall–Kier alpha value is -1.39. The summed E-state index contributed by atoms with van der Waals surface area (Å²) in [6.45, 7) is 6.27. The minimum atomic E-state index is -0.306. The highest BCUT2D eigenvalue weighted by Crippen LogP contribution is 2.05. The summed E-state index contributed by atoms with van der Waals surface area (Å²) in [6.07, 6.45) is 0. The average molecular weight is 251 g/mol. The molecule has 0 heterocycles. The van der Waals surface area contributed by atoms with Crippen molar-refractivity contribution < 1.29 is 14.3 Å². The summed E-state index contributed by atoms with van der Waals surface area (Å²) in [4.78, 5) is 11.3. The van der Waals surface area contributed by atoms with E-state index in [1.165, 1.54) is 7.11 Å². The van der Waals surface area contributed by atoms with Crippen LogP contribution in [0.1, 0.15) is 29.8 Å². The molecule has 0 bridgehead atoms. The lowest BCUT2D eigenvalue weighted by molar-refractivity contribution is 0.0600. The second kappa shape index (κ2) is 7.84.